The van der Waals surface area contributed by atoms with Crippen LogP contribution >= 0.6 is 0 Å². The first-order chi connectivity index (χ1) is 13.1. The van der Waals surface area contributed by atoms with Crippen molar-refractivity contribution in [3.05, 3.63) is 83.4 Å². The molecule has 27 heavy (non-hydrogen) atoms. The van der Waals surface area contributed by atoms with Gasteiger partial charge in [0.15, 0.2) is 0 Å². The number of carbonyl (C=O) groups is 1. The van der Waals surface area contributed by atoms with E-state index in [0.29, 0.717) is 23.2 Å². The molecule has 0 spiro atoms. The van der Waals surface area contributed by atoms with Crippen LogP contribution in [0, 0.1) is 17.2 Å². The first-order valence-electron chi connectivity index (χ1n) is 9.33. The number of unbranched alkanes of at least 4 members (excludes halogenated alkanes) is 1. The maximum absolute atomic E-state index is 12.9. The van der Waals surface area contributed by atoms with Gasteiger partial charge in [0.2, 0.25) is 0 Å². The van der Waals surface area contributed by atoms with Gasteiger partial charge in [-0.15, -0.1) is 6.58 Å². The van der Waals surface area contributed by atoms with E-state index < -0.39 is 6.10 Å². The number of nitrogens with zero attached hydrogens (tertiary/aromatic N) is 2. The van der Waals surface area contributed by atoms with Crippen molar-refractivity contribution in [3.63, 3.8) is 0 Å². The highest BCUT2D eigenvalue weighted by Crippen LogP contribution is 2.44. The molecule has 3 rings (SSSR count). The summed E-state index contributed by atoms with van der Waals surface area (Å²) in [4.78, 5) is 14.8. The molecule has 138 valence electrons. The van der Waals surface area contributed by atoms with Crippen molar-refractivity contribution in [1.82, 2.24) is 4.90 Å². The molecule has 0 saturated heterocycles. The Labute approximate surface area is 160 Å². The van der Waals surface area contributed by atoms with E-state index in [1.54, 1.807) is 30.3 Å². The highest BCUT2D eigenvalue weighted by molar-refractivity contribution is 5.99. The lowest BCUT2D eigenvalue weighted by molar-refractivity contribution is 0.0493. The lowest BCUT2D eigenvalue weighted by Crippen LogP contribution is -2.34. The van der Waals surface area contributed by atoms with Crippen LogP contribution in [0.2, 0.25) is 0 Å². The molecular weight excluding hydrogens is 336 g/mol. The van der Waals surface area contributed by atoms with Gasteiger partial charge >= 0.3 is 0 Å². The minimum atomic E-state index is -0.816. The molecule has 0 radical (unpaired) electrons. The molecule has 0 aromatic heterocycles. The number of hydrogen-bond donors (Lipinski definition) is 1. The second kappa shape index (κ2) is 8.20. The average molecular weight is 360 g/mol. The summed E-state index contributed by atoms with van der Waals surface area (Å²) in [5.41, 5.74) is 2.91. The van der Waals surface area contributed by atoms with Gasteiger partial charge in [-0.25, -0.2) is 0 Å². The van der Waals surface area contributed by atoms with Crippen molar-refractivity contribution < 1.29 is 9.90 Å². The fourth-order valence-electron chi connectivity index (χ4n) is 3.79. The third kappa shape index (κ3) is 3.51. The molecule has 2 aromatic carbocycles. The van der Waals surface area contributed by atoms with E-state index >= 15 is 0 Å². The van der Waals surface area contributed by atoms with Crippen LogP contribution in [0.25, 0.3) is 0 Å². The van der Waals surface area contributed by atoms with Gasteiger partial charge < -0.3 is 10.0 Å². The molecule has 1 amide bonds. The quantitative estimate of drug-likeness (QED) is 0.745. The fraction of sp³-hybridized carbons (Fsp3) is 0.304. The summed E-state index contributed by atoms with van der Waals surface area (Å²) in [7, 11) is 0. The van der Waals surface area contributed by atoms with Gasteiger partial charge in [-0.1, -0.05) is 49.8 Å². The third-order valence-electron chi connectivity index (χ3n) is 5.24. The zero-order valence-electron chi connectivity index (χ0n) is 15.5. The summed E-state index contributed by atoms with van der Waals surface area (Å²) >= 11 is 0. The van der Waals surface area contributed by atoms with Crippen molar-refractivity contribution in [3.8, 4) is 6.07 Å². The van der Waals surface area contributed by atoms with E-state index in [9.17, 15) is 9.90 Å². The number of aliphatic hydroxyl groups is 1. The van der Waals surface area contributed by atoms with Gasteiger partial charge in [-0.2, -0.15) is 5.26 Å². The number of benzene rings is 2. The van der Waals surface area contributed by atoms with Crippen LogP contribution in [0.4, 0.5) is 0 Å². The van der Waals surface area contributed by atoms with E-state index in [4.69, 9.17) is 5.26 Å². The number of hydrogen-bond acceptors (Lipinski definition) is 3. The molecule has 3 unspecified atom stereocenters. The maximum atomic E-state index is 12.9. The summed E-state index contributed by atoms with van der Waals surface area (Å²) in [6.45, 7) is 6.70. The first-order valence-corrected chi connectivity index (χ1v) is 9.33. The van der Waals surface area contributed by atoms with Crippen LogP contribution in [-0.2, 0) is 0 Å². The zero-order chi connectivity index (χ0) is 19.4. The number of nitriles is 1. The van der Waals surface area contributed by atoms with Gasteiger partial charge in [0.05, 0.1) is 23.8 Å². The monoisotopic (exact) mass is 360 g/mol. The number of carbonyl (C=O) groups excluding carboxylic acids is 1. The molecule has 0 saturated carbocycles. The molecule has 0 aliphatic carbocycles. The molecular formula is C23H24N2O2. The summed E-state index contributed by atoms with van der Waals surface area (Å²) in [6, 6.07) is 16.4. The van der Waals surface area contributed by atoms with E-state index in [1.165, 1.54) is 0 Å². The topological polar surface area (TPSA) is 64.3 Å². The standard InChI is InChI=1S/C23H24N2O2/c1-3-5-14-25-21(19-8-6-7-9-20(19)23(25)27)18(4-2)22(26)17-12-10-16(15-24)11-13-17/h4,6-13,18,21-22,26H,2-3,5,14H2,1H3. The third-order valence-corrected chi connectivity index (χ3v) is 5.24. The summed E-state index contributed by atoms with van der Waals surface area (Å²) in [5.74, 6) is -0.328. The highest BCUT2D eigenvalue weighted by Gasteiger charge is 2.42. The Morgan fingerprint density at radius 2 is 1.96 bits per heavy atom. The highest BCUT2D eigenvalue weighted by atomic mass is 16.3. The molecule has 1 N–H and O–H groups in total. The molecule has 1 heterocycles. The normalized spacial score (nSPS) is 17.9. The number of fused-ring (bicyclic) bond motifs is 1. The SMILES string of the molecule is C=CC(C(O)c1ccc(C#N)cc1)C1c2ccccc2C(=O)N1CCCC. The van der Waals surface area contributed by atoms with E-state index in [2.05, 4.69) is 19.6 Å². The van der Waals surface area contributed by atoms with E-state index in [1.807, 2.05) is 29.2 Å². The van der Waals surface area contributed by atoms with Gasteiger partial charge in [0, 0.05) is 18.0 Å². The van der Waals surface area contributed by atoms with Gasteiger partial charge in [0.1, 0.15) is 0 Å². The van der Waals surface area contributed by atoms with Gasteiger partial charge in [0.25, 0.3) is 5.91 Å². The summed E-state index contributed by atoms with van der Waals surface area (Å²) < 4.78 is 0. The lowest BCUT2D eigenvalue weighted by Gasteiger charge is -2.33. The summed E-state index contributed by atoms with van der Waals surface area (Å²) in [6.07, 6.45) is 2.82. The van der Waals surface area contributed by atoms with Crippen molar-refractivity contribution >= 4 is 5.91 Å². The van der Waals surface area contributed by atoms with Crippen molar-refractivity contribution in [2.24, 2.45) is 5.92 Å². The molecule has 0 fully saturated rings. The minimum Gasteiger partial charge on any atom is -0.388 e. The summed E-state index contributed by atoms with van der Waals surface area (Å²) in [5, 5.41) is 20.0. The van der Waals surface area contributed by atoms with E-state index in [0.717, 1.165) is 18.4 Å². The Balaban J connectivity index is 1.98. The van der Waals surface area contributed by atoms with E-state index in [-0.39, 0.29) is 17.9 Å². The van der Waals surface area contributed by atoms with Crippen LogP contribution in [0.15, 0.2) is 61.2 Å². The average Bonchev–Trinajstić information content (AvgIpc) is 2.99. The van der Waals surface area contributed by atoms with Gasteiger partial charge in [-0.05, 0) is 35.7 Å². The predicted octanol–water partition coefficient (Wildman–Crippen LogP) is 4.39. The van der Waals surface area contributed by atoms with Crippen molar-refractivity contribution in [1.29, 1.82) is 5.26 Å². The van der Waals surface area contributed by atoms with Crippen LogP contribution in [0.1, 0.15) is 59.0 Å². The molecule has 2 aromatic rings. The molecule has 0 bridgehead atoms. The zero-order valence-corrected chi connectivity index (χ0v) is 15.5. The second-order valence-electron chi connectivity index (χ2n) is 6.88. The Morgan fingerprint density at radius 1 is 1.26 bits per heavy atom. The Hall–Kier alpha value is -2.90. The van der Waals surface area contributed by atoms with Crippen molar-refractivity contribution in [2.45, 2.75) is 31.9 Å². The Kier molecular flexibility index (Phi) is 5.73. The Morgan fingerprint density at radius 3 is 2.59 bits per heavy atom. The first kappa shape index (κ1) is 18.9. The minimum absolute atomic E-state index is 0.0166. The smallest absolute Gasteiger partial charge is 0.254 e. The molecule has 1 aliphatic rings. The molecule has 1 aliphatic heterocycles. The van der Waals surface area contributed by atoms with Crippen LogP contribution in [-0.4, -0.2) is 22.5 Å². The number of amides is 1. The Bertz CT molecular complexity index is 867. The lowest BCUT2D eigenvalue weighted by atomic mass is 9.85. The molecule has 4 nitrogen and oxygen atoms in total. The number of rotatable bonds is 7. The molecule has 3 atom stereocenters. The van der Waals surface area contributed by atoms with Crippen LogP contribution < -0.4 is 0 Å². The van der Waals surface area contributed by atoms with Gasteiger partial charge in [-0.3, -0.25) is 4.79 Å². The predicted molar refractivity (Wildman–Crippen MR) is 105 cm³/mol. The van der Waals surface area contributed by atoms with Crippen molar-refractivity contribution in [2.75, 3.05) is 6.54 Å². The largest absolute Gasteiger partial charge is 0.388 e. The number of aliphatic hydroxyl groups excluding tert-OH is 1. The second-order valence-corrected chi connectivity index (χ2v) is 6.88. The molecule has 4 heteroatoms. The fourth-order valence-corrected chi connectivity index (χ4v) is 3.79. The maximum Gasteiger partial charge on any atom is 0.254 e. The van der Waals surface area contributed by atoms with Crippen LogP contribution in [0.5, 0.6) is 0 Å². The van der Waals surface area contributed by atoms with Crippen LogP contribution in [0.3, 0.4) is 0 Å².